The maximum Gasteiger partial charge on any atom is 0.0998 e. The molecule has 1 aromatic heterocycles. The van der Waals surface area contributed by atoms with Gasteiger partial charge in [0.1, 0.15) is 0 Å². The Bertz CT molecular complexity index is 602. The quantitative estimate of drug-likeness (QED) is 0.720. The van der Waals surface area contributed by atoms with Crippen LogP contribution in [0.2, 0.25) is 5.02 Å². The number of thiophene rings is 1. The average molecular weight is 274 g/mol. The molecular formula is C15H12ClNS. The number of nitriles is 1. The minimum Gasteiger partial charge on any atom is -0.192 e. The van der Waals surface area contributed by atoms with Gasteiger partial charge in [-0.05, 0) is 42.3 Å². The highest BCUT2D eigenvalue weighted by atomic mass is 35.5. The molecule has 0 aliphatic heterocycles. The molecule has 0 fully saturated rings. The van der Waals surface area contributed by atoms with Crippen molar-refractivity contribution in [3.8, 4) is 6.07 Å². The van der Waals surface area contributed by atoms with E-state index >= 15 is 0 Å². The highest BCUT2D eigenvalue weighted by molar-refractivity contribution is 7.12. The SMILES string of the molecule is CCc1ccc(/C=C(\C#N)c2ccc(Cl)cc2)s1. The summed E-state index contributed by atoms with van der Waals surface area (Å²) in [7, 11) is 0. The molecule has 0 atom stereocenters. The number of nitrogens with zero attached hydrogens (tertiary/aromatic N) is 1. The Morgan fingerprint density at radius 3 is 2.56 bits per heavy atom. The van der Waals surface area contributed by atoms with Crippen molar-refractivity contribution in [1.82, 2.24) is 0 Å². The van der Waals surface area contributed by atoms with E-state index in [-0.39, 0.29) is 0 Å². The molecule has 0 unspecified atom stereocenters. The summed E-state index contributed by atoms with van der Waals surface area (Å²) in [4.78, 5) is 2.44. The Kier molecular flexibility index (Phi) is 4.19. The zero-order valence-corrected chi connectivity index (χ0v) is 11.6. The lowest BCUT2D eigenvalue weighted by Gasteiger charge is -1.98. The molecule has 0 N–H and O–H groups in total. The first-order valence-electron chi connectivity index (χ1n) is 5.69. The van der Waals surface area contributed by atoms with Crippen LogP contribution in [0.25, 0.3) is 11.6 Å². The third kappa shape index (κ3) is 3.01. The van der Waals surface area contributed by atoms with E-state index in [1.165, 1.54) is 4.88 Å². The Labute approximate surface area is 116 Å². The fourth-order valence-electron chi connectivity index (χ4n) is 1.61. The number of aryl methyl sites for hydroxylation is 1. The van der Waals surface area contributed by atoms with Crippen LogP contribution in [0.3, 0.4) is 0 Å². The van der Waals surface area contributed by atoms with Crippen molar-refractivity contribution in [3.05, 3.63) is 56.7 Å². The maximum absolute atomic E-state index is 9.23. The van der Waals surface area contributed by atoms with Gasteiger partial charge in [-0.2, -0.15) is 5.26 Å². The van der Waals surface area contributed by atoms with E-state index < -0.39 is 0 Å². The van der Waals surface area contributed by atoms with E-state index in [0.29, 0.717) is 10.6 Å². The molecule has 1 nitrogen and oxygen atoms in total. The third-order valence-electron chi connectivity index (χ3n) is 2.59. The molecule has 1 aromatic carbocycles. The first-order chi connectivity index (χ1) is 8.72. The van der Waals surface area contributed by atoms with Crippen LogP contribution in [0.4, 0.5) is 0 Å². The van der Waals surface area contributed by atoms with Gasteiger partial charge in [0.25, 0.3) is 0 Å². The summed E-state index contributed by atoms with van der Waals surface area (Å²) in [5, 5.41) is 9.91. The smallest absolute Gasteiger partial charge is 0.0998 e. The molecule has 1 heterocycles. The van der Waals surface area contributed by atoms with Crippen LogP contribution in [0, 0.1) is 11.3 Å². The summed E-state index contributed by atoms with van der Waals surface area (Å²) in [6.45, 7) is 2.13. The molecule has 0 saturated carbocycles. The topological polar surface area (TPSA) is 23.8 Å². The molecule has 90 valence electrons. The fourth-order valence-corrected chi connectivity index (χ4v) is 2.64. The van der Waals surface area contributed by atoms with E-state index in [0.717, 1.165) is 16.9 Å². The van der Waals surface area contributed by atoms with Crippen molar-refractivity contribution >= 4 is 34.6 Å². The lowest BCUT2D eigenvalue weighted by molar-refractivity contribution is 1.19. The summed E-state index contributed by atoms with van der Waals surface area (Å²) in [5.74, 6) is 0. The number of rotatable bonds is 3. The molecule has 0 bridgehead atoms. The van der Waals surface area contributed by atoms with Crippen molar-refractivity contribution < 1.29 is 0 Å². The zero-order valence-electron chi connectivity index (χ0n) is 9.98. The van der Waals surface area contributed by atoms with Crippen LogP contribution in [0.15, 0.2) is 36.4 Å². The summed E-state index contributed by atoms with van der Waals surface area (Å²) in [5.41, 5.74) is 1.56. The molecule has 0 amide bonds. The predicted octanol–water partition coefficient (Wildman–Crippen LogP) is 5.03. The van der Waals surface area contributed by atoms with Gasteiger partial charge in [-0.3, -0.25) is 0 Å². The largest absolute Gasteiger partial charge is 0.192 e. The van der Waals surface area contributed by atoms with Gasteiger partial charge in [0.15, 0.2) is 0 Å². The molecule has 0 spiro atoms. The Morgan fingerprint density at radius 2 is 2.00 bits per heavy atom. The van der Waals surface area contributed by atoms with E-state index in [2.05, 4.69) is 25.1 Å². The van der Waals surface area contributed by atoms with E-state index in [1.54, 1.807) is 23.5 Å². The van der Waals surface area contributed by atoms with Crippen LogP contribution < -0.4 is 0 Å². The second-order valence-corrected chi connectivity index (χ2v) is 5.47. The van der Waals surface area contributed by atoms with Crippen LogP contribution in [-0.2, 0) is 6.42 Å². The Balaban J connectivity index is 2.33. The van der Waals surface area contributed by atoms with Gasteiger partial charge in [-0.15, -0.1) is 11.3 Å². The monoisotopic (exact) mass is 273 g/mol. The molecule has 18 heavy (non-hydrogen) atoms. The average Bonchev–Trinajstić information content (AvgIpc) is 2.85. The van der Waals surface area contributed by atoms with E-state index in [4.69, 9.17) is 11.6 Å². The predicted molar refractivity (Wildman–Crippen MR) is 78.6 cm³/mol. The summed E-state index contributed by atoms with van der Waals surface area (Å²) >= 11 is 7.56. The molecule has 3 heteroatoms. The lowest BCUT2D eigenvalue weighted by atomic mass is 10.1. The minimum absolute atomic E-state index is 0.663. The van der Waals surface area contributed by atoms with Gasteiger partial charge in [0.2, 0.25) is 0 Å². The molecule has 2 aromatic rings. The van der Waals surface area contributed by atoms with Gasteiger partial charge in [-0.25, -0.2) is 0 Å². The van der Waals surface area contributed by atoms with Crippen molar-refractivity contribution in [2.45, 2.75) is 13.3 Å². The van der Waals surface area contributed by atoms with Crippen LogP contribution in [0.1, 0.15) is 22.2 Å². The van der Waals surface area contributed by atoms with Crippen LogP contribution >= 0.6 is 22.9 Å². The number of halogens is 1. The minimum atomic E-state index is 0.663. The Morgan fingerprint density at radius 1 is 1.28 bits per heavy atom. The summed E-state index contributed by atoms with van der Waals surface area (Å²) < 4.78 is 0. The molecular weight excluding hydrogens is 262 g/mol. The van der Waals surface area contributed by atoms with E-state index in [9.17, 15) is 5.26 Å². The summed E-state index contributed by atoms with van der Waals surface area (Å²) in [6.07, 6.45) is 2.95. The van der Waals surface area contributed by atoms with Crippen molar-refractivity contribution in [1.29, 1.82) is 5.26 Å². The van der Waals surface area contributed by atoms with Crippen molar-refractivity contribution in [2.24, 2.45) is 0 Å². The van der Waals surface area contributed by atoms with Crippen molar-refractivity contribution in [2.75, 3.05) is 0 Å². The second-order valence-electron chi connectivity index (χ2n) is 3.83. The van der Waals surface area contributed by atoms with Gasteiger partial charge in [-0.1, -0.05) is 30.7 Å². The second kappa shape index (κ2) is 5.86. The maximum atomic E-state index is 9.23. The molecule has 0 aliphatic carbocycles. The lowest BCUT2D eigenvalue weighted by Crippen LogP contribution is -1.80. The van der Waals surface area contributed by atoms with Crippen molar-refractivity contribution in [3.63, 3.8) is 0 Å². The Hall–Kier alpha value is -1.56. The number of hydrogen-bond acceptors (Lipinski definition) is 2. The molecule has 0 saturated heterocycles. The van der Waals surface area contributed by atoms with Gasteiger partial charge < -0.3 is 0 Å². The third-order valence-corrected chi connectivity index (χ3v) is 4.02. The molecule has 0 aliphatic rings. The van der Waals surface area contributed by atoms with E-state index in [1.807, 2.05) is 18.2 Å². The normalized spacial score (nSPS) is 11.3. The zero-order chi connectivity index (χ0) is 13.0. The highest BCUT2D eigenvalue weighted by Crippen LogP contribution is 2.24. The number of hydrogen-bond donors (Lipinski definition) is 0. The number of allylic oxidation sites excluding steroid dienone is 1. The molecule has 0 radical (unpaired) electrons. The van der Waals surface area contributed by atoms with Gasteiger partial charge >= 0.3 is 0 Å². The van der Waals surface area contributed by atoms with Crippen LogP contribution in [0.5, 0.6) is 0 Å². The fraction of sp³-hybridized carbons (Fsp3) is 0.133. The first-order valence-corrected chi connectivity index (χ1v) is 6.89. The number of benzene rings is 1. The summed E-state index contributed by atoms with van der Waals surface area (Å²) in [6, 6.07) is 13.7. The molecule has 2 rings (SSSR count). The van der Waals surface area contributed by atoms with Gasteiger partial charge in [0, 0.05) is 14.8 Å². The van der Waals surface area contributed by atoms with Crippen LogP contribution in [-0.4, -0.2) is 0 Å². The highest BCUT2D eigenvalue weighted by Gasteiger charge is 2.02. The standard InChI is InChI=1S/C15H12ClNS/c1-2-14-7-8-15(18-14)9-12(10-17)11-3-5-13(16)6-4-11/h3-9H,2H2,1H3/b12-9+. The van der Waals surface area contributed by atoms with Gasteiger partial charge in [0.05, 0.1) is 11.6 Å². The first kappa shape index (κ1) is 12.9.